The van der Waals surface area contributed by atoms with Crippen molar-refractivity contribution in [3.8, 4) is 11.5 Å². The van der Waals surface area contributed by atoms with Crippen LogP contribution < -0.4 is 9.47 Å². The van der Waals surface area contributed by atoms with E-state index >= 15 is 0 Å². The molecule has 7 heteroatoms. The Kier molecular flexibility index (Phi) is 5.55. The predicted molar refractivity (Wildman–Crippen MR) is 97.6 cm³/mol. The van der Waals surface area contributed by atoms with Gasteiger partial charge < -0.3 is 14.4 Å². The van der Waals surface area contributed by atoms with Gasteiger partial charge in [0.05, 0.1) is 20.8 Å². The number of hydrogen-bond acceptors (Lipinski definition) is 6. The molecule has 1 fully saturated rings. The highest BCUT2D eigenvalue weighted by atomic mass is 32.1. The molecule has 1 aliphatic rings. The maximum Gasteiger partial charge on any atom is 0.254 e. The first-order chi connectivity index (χ1) is 12.1. The Balaban J connectivity index is 1.59. The summed E-state index contributed by atoms with van der Waals surface area (Å²) in [6.07, 6.45) is 0. The summed E-state index contributed by atoms with van der Waals surface area (Å²) in [5, 5.41) is 3.21. The van der Waals surface area contributed by atoms with Crippen LogP contribution in [0.5, 0.6) is 11.5 Å². The fourth-order valence-corrected chi connectivity index (χ4v) is 3.74. The van der Waals surface area contributed by atoms with Crippen LogP contribution in [0.4, 0.5) is 0 Å². The maximum absolute atomic E-state index is 12.7. The van der Waals surface area contributed by atoms with Crippen LogP contribution in [0.15, 0.2) is 23.6 Å². The number of carbonyl (C=O) groups is 1. The van der Waals surface area contributed by atoms with E-state index in [1.165, 1.54) is 0 Å². The van der Waals surface area contributed by atoms with Crippen LogP contribution in [0.2, 0.25) is 0 Å². The molecule has 134 valence electrons. The van der Waals surface area contributed by atoms with Gasteiger partial charge in [-0.3, -0.25) is 9.69 Å². The van der Waals surface area contributed by atoms with E-state index in [-0.39, 0.29) is 5.91 Å². The molecule has 1 saturated heterocycles. The second kappa shape index (κ2) is 7.84. The summed E-state index contributed by atoms with van der Waals surface area (Å²) in [4.78, 5) is 21.5. The van der Waals surface area contributed by atoms with Crippen molar-refractivity contribution in [3.05, 3.63) is 39.8 Å². The Morgan fingerprint density at radius 2 is 1.88 bits per heavy atom. The summed E-state index contributed by atoms with van der Waals surface area (Å²) in [6, 6.07) is 5.30. The van der Waals surface area contributed by atoms with Crippen molar-refractivity contribution >= 4 is 17.2 Å². The highest BCUT2D eigenvalue weighted by molar-refractivity contribution is 7.09. The molecule has 0 atom stereocenters. The van der Waals surface area contributed by atoms with E-state index in [0.717, 1.165) is 43.4 Å². The van der Waals surface area contributed by atoms with Gasteiger partial charge in [-0.25, -0.2) is 4.98 Å². The summed E-state index contributed by atoms with van der Waals surface area (Å²) in [6.45, 7) is 6.03. The van der Waals surface area contributed by atoms with Gasteiger partial charge in [0.1, 0.15) is 5.01 Å². The van der Waals surface area contributed by atoms with Crippen molar-refractivity contribution in [2.45, 2.75) is 13.5 Å². The first-order valence-electron chi connectivity index (χ1n) is 8.25. The predicted octanol–water partition coefficient (Wildman–Crippen LogP) is 2.43. The molecule has 0 saturated carbocycles. The molecule has 1 aliphatic heterocycles. The maximum atomic E-state index is 12.7. The summed E-state index contributed by atoms with van der Waals surface area (Å²) in [5.41, 5.74) is 1.70. The number of amides is 1. The Hall–Kier alpha value is -2.12. The molecule has 3 rings (SSSR count). The summed E-state index contributed by atoms with van der Waals surface area (Å²) in [7, 11) is 3.16. The third-order valence-electron chi connectivity index (χ3n) is 4.32. The zero-order valence-electron chi connectivity index (χ0n) is 14.8. The highest BCUT2D eigenvalue weighted by Gasteiger charge is 2.23. The van der Waals surface area contributed by atoms with E-state index in [4.69, 9.17) is 9.47 Å². The number of nitrogens with zero attached hydrogens (tertiary/aromatic N) is 3. The molecule has 0 spiro atoms. The van der Waals surface area contributed by atoms with Gasteiger partial charge in [0.2, 0.25) is 0 Å². The number of thiazole rings is 1. The molecule has 0 unspecified atom stereocenters. The van der Waals surface area contributed by atoms with Crippen LogP contribution in [0.3, 0.4) is 0 Å². The Bertz CT molecular complexity index is 739. The van der Waals surface area contributed by atoms with E-state index in [0.29, 0.717) is 17.1 Å². The number of ether oxygens (including phenoxy) is 2. The molecule has 1 amide bonds. The third-order valence-corrected chi connectivity index (χ3v) is 5.27. The number of piperazine rings is 1. The first kappa shape index (κ1) is 17.7. The molecule has 1 aromatic carbocycles. The van der Waals surface area contributed by atoms with Gasteiger partial charge in [-0.05, 0) is 25.1 Å². The standard InChI is InChI=1S/C18H23N3O3S/c1-13-12-25-17(19-13)11-20-6-8-21(9-7-20)18(22)14-4-5-15(23-2)16(10-14)24-3/h4-5,10,12H,6-9,11H2,1-3H3. The smallest absolute Gasteiger partial charge is 0.254 e. The lowest BCUT2D eigenvalue weighted by Gasteiger charge is -2.34. The molecule has 6 nitrogen and oxygen atoms in total. The van der Waals surface area contributed by atoms with Crippen LogP contribution >= 0.6 is 11.3 Å². The molecule has 0 radical (unpaired) electrons. The average Bonchev–Trinajstić information content (AvgIpc) is 3.06. The largest absolute Gasteiger partial charge is 0.493 e. The van der Waals surface area contributed by atoms with Crippen molar-refractivity contribution in [2.75, 3.05) is 40.4 Å². The van der Waals surface area contributed by atoms with E-state index in [2.05, 4.69) is 15.3 Å². The van der Waals surface area contributed by atoms with Crippen LogP contribution in [0, 0.1) is 6.92 Å². The fourth-order valence-electron chi connectivity index (χ4n) is 2.93. The average molecular weight is 361 g/mol. The highest BCUT2D eigenvalue weighted by Crippen LogP contribution is 2.28. The van der Waals surface area contributed by atoms with Gasteiger partial charge in [0, 0.05) is 42.8 Å². The molecule has 0 N–H and O–H groups in total. The number of methoxy groups -OCH3 is 2. The Morgan fingerprint density at radius 3 is 2.48 bits per heavy atom. The van der Waals surface area contributed by atoms with Gasteiger partial charge in [-0.2, -0.15) is 0 Å². The molecule has 1 aromatic heterocycles. The van der Waals surface area contributed by atoms with E-state index < -0.39 is 0 Å². The third kappa shape index (κ3) is 4.11. The van der Waals surface area contributed by atoms with Gasteiger partial charge in [0.15, 0.2) is 11.5 Å². The topological polar surface area (TPSA) is 54.9 Å². The number of aromatic nitrogens is 1. The number of hydrogen-bond donors (Lipinski definition) is 0. The monoisotopic (exact) mass is 361 g/mol. The second-order valence-corrected chi connectivity index (χ2v) is 6.96. The van der Waals surface area contributed by atoms with Gasteiger partial charge in [-0.15, -0.1) is 11.3 Å². The molecule has 0 aliphatic carbocycles. The van der Waals surface area contributed by atoms with Gasteiger partial charge in [-0.1, -0.05) is 0 Å². The van der Waals surface area contributed by atoms with Gasteiger partial charge >= 0.3 is 0 Å². The zero-order valence-corrected chi connectivity index (χ0v) is 15.6. The normalized spacial score (nSPS) is 15.2. The molecule has 0 bridgehead atoms. The van der Waals surface area contributed by atoms with E-state index in [1.807, 2.05) is 11.8 Å². The number of benzene rings is 1. The van der Waals surface area contributed by atoms with Gasteiger partial charge in [0.25, 0.3) is 5.91 Å². The minimum atomic E-state index is 0.0331. The van der Waals surface area contributed by atoms with Crippen LogP contribution in [-0.2, 0) is 6.54 Å². The summed E-state index contributed by atoms with van der Waals surface area (Å²) >= 11 is 1.70. The summed E-state index contributed by atoms with van der Waals surface area (Å²) < 4.78 is 10.5. The fraction of sp³-hybridized carbons (Fsp3) is 0.444. The number of rotatable bonds is 5. The van der Waals surface area contributed by atoms with E-state index in [1.54, 1.807) is 43.8 Å². The van der Waals surface area contributed by atoms with Crippen molar-refractivity contribution < 1.29 is 14.3 Å². The van der Waals surface area contributed by atoms with Crippen molar-refractivity contribution in [1.82, 2.24) is 14.8 Å². The molecule has 2 heterocycles. The lowest BCUT2D eigenvalue weighted by Crippen LogP contribution is -2.48. The van der Waals surface area contributed by atoms with Crippen molar-refractivity contribution in [2.24, 2.45) is 0 Å². The zero-order chi connectivity index (χ0) is 17.8. The minimum Gasteiger partial charge on any atom is -0.493 e. The molecular weight excluding hydrogens is 338 g/mol. The Labute approximate surface area is 152 Å². The quantitative estimate of drug-likeness (QED) is 0.819. The van der Waals surface area contributed by atoms with Crippen LogP contribution in [-0.4, -0.2) is 61.1 Å². The molecular formula is C18H23N3O3S. The summed E-state index contributed by atoms with van der Waals surface area (Å²) in [5.74, 6) is 1.24. The van der Waals surface area contributed by atoms with Crippen molar-refractivity contribution in [1.29, 1.82) is 0 Å². The SMILES string of the molecule is COc1ccc(C(=O)N2CCN(Cc3nc(C)cs3)CC2)cc1OC. The molecule has 25 heavy (non-hydrogen) atoms. The minimum absolute atomic E-state index is 0.0331. The number of carbonyl (C=O) groups excluding carboxylic acids is 1. The second-order valence-electron chi connectivity index (χ2n) is 6.02. The lowest BCUT2D eigenvalue weighted by molar-refractivity contribution is 0.0628. The Morgan fingerprint density at radius 1 is 1.16 bits per heavy atom. The lowest BCUT2D eigenvalue weighted by atomic mass is 10.1. The van der Waals surface area contributed by atoms with E-state index in [9.17, 15) is 4.79 Å². The first-order valence-corrected chi connectivity index (χ1v) is 9.13. The van der Waals surface area contributed by atoms with Crippen LogP contribution in [0.1, 0.15) is 21.1 Å². The number of aryl methyl sites for hydroxylation is 1. The van der Waals surface area contributed by atoms with Crippen LogP contribution in [0.25, 0.3) is 0 Å². The van der Waals surface area contributed by atoms with Crippen molar-refractivity contribution in [3.63, 3.8) is 0 Å². The molecule has 2 aromatic rings.